The first-order valence-corrected chi connectivity index (χ1v) is 9.81. The maximum atomic E-state index is 13.0. The molecule has 31 heavy (non-hydrogen) atoms. The number of anilines is 1. The van der Waals surface area contributed by atoms with Gasteiger partial charge in [0.05, 0.1) is 5.52 Å². The molecule has 1 aromatic heterocycles. The normalized spacial score (nSPS) is 12.2. The van der Waals surface area contributed by atoms with Gasteiger partial charge in [-0.1, -0.05) is 30.3 Å². The van der Waals surface area contributed by atoms with E-state index in [9.17, 15) is 19.5 Å². The van der Waals surface area contributed by atoms with Crippen molar-refractivity contribution in [2.75, 3.05) is 5.32 Å². The fraction of sp³-hybridized carbons (Fsp3) is 0.261. The molecule has 3 aromatic rings. The summed E-state index contributed by atoms with van der Waals surface area (Å²) in [6.07, 6.45) is -0.435. The number of aromatic amines is 1. The Labute approximate surface area is 179 Å². The van der Waals surface area contributed by atoms with Gasteiger partial charge >= 0.3 is 6.09 Å². The minimum atomic E-state index is -0.892. The summed E-state index contributed by atoms with van der Waals surface area (Å²) >= 11 is 0. The van der Waals surface area contributed by atoms with Crippen LogP contribution in [0.15, 0.2) is 59.4 Å². The summed E-state index contributed by atoms with van der Waals surface area (Å²) in [4.78, 5) is 39.4. The predicted molar refractivity (Wildman–Crippen MR) is 118 cm³/mol. The summed E-state index contributed by atoms with van der Waals surface area (Å²) in [6, 6.07) is 14.2. The van der Waals surface area contributed by atoms with E-state index in [2.05, 4.69) is 15.6 Å². The second kappa shape index (κ2) is 8.91. The molecule has 1 heterocycles. The zero-order valence-corrected chi connectivity index (χ0v) is 17.6. The lowest BCUT2D eigenvalue weighted by molar-refractivity contribution is -0.118. The molecule has 0 saturated heterocycles. The number of H-pyrrole nitrogens is 1. The van der Waals surface area contributed by atoms with Crippen molar-refractivity contribution in [3.63, 3.8) is 0 Å². The van der Waals surface area contributed by atoms with Crippen LogP contribution in [0.1, 0.15) is 26.3 Å². The van der Waals surface area contributed by atoms with Crippen molar-refractivity contribution < 1.29 is 19.4 Å². The molecule has 2 aromatic carbocycles. The molecule has 0 radical (unpaired) electrons. The minimum Gasteiger partial charge on any atom is -0.507 e. The van der Waals surface area contributed by atoms with E-state index >= 15 is 0 Å². The molecule has 0 fully saturated rings. The van der Waals surface area contributed by atoms with Gasteiger partial charge in [-0.25, -0.2) is 4.79 Å². The fourth-order valence-corrected chi connectivity index (χ4v) is 3.05. The Morgan fingerprint density at radius 2 is 1.81 bits per heavy atom. The number of rotatable bonds is 5. The Morgan fingerprint density at radius 3 is 2.48 bits per heavy atom. The van der Waals surface area contributed by atoms with Gasteiger partial charge in [-0.15, -0.1) is 0 Å². The number of carbonyl (C=O) groups excluding carboxylic acids is 2. The van der Waals surface area contributed by atoms with Crippen LogP contribution in [0.25, 0.3) is 10.9 Å². The molecule has 4 N–H and O–H groups in total. The lowest BCUT2D eigenvalue weighted by Crippen LogP contribution is -2.47. The standard InChI is InChI=1S/C23H25N3O5/c1-23(2,3)31-22(30)26-18(11-14-7-5-4-6-8-14)21(29)24-15-9-10-17-16(12-15)19(27)13-20(28)25-17/h4-10,12-13,18H,11H2,1-3H3,(H,24,29)(H,26,30)(H2,25,27,28)/t18-/m0/s1. The summed E-state index contributed by atoms with van der Waals surface area (Å²) in [5.74, 6) is -0.638. The number of benzene rings is 2. The van der Waals surface area contributed by atoms with Crippen LogP contribution in [-0.2, 0) is 16.0 Å². The second-order valence-corrected chi connectivity index (χ2v) is 8.16. The molecule has 0 unspecified atom stereocenters. The number of aromatic nitrogens is 1. The van der Waals surface area contributed by atoms with E-state index < -0.39 is 29.2 Å². The average molecular weight is 423 g/mol. The predicted octanol–water partition coefficient (Wildman–Crippen LogP) is 3.31. The number of amides is 2. The fourth-order valence-electron chi connectivity index (χ4n) is 3.05. The highest BCUT2D eigenvalue weighted by molar-refractivity contribution is 5.99. The average Bonchev–Trinajstić information content (AvgIpc) is 2.67. The summed E-state index contributed by atoms with van der Waals surface area (Å²) in [7, 11) is 0. The Kier molecular flexibility index (Phi) is 6.29. The minimum absolute atomic E-state index is 0.192. The highest BCUT2D eigenvalue weighted by atomic mass is 16.6. The lowest BCUT2D eigenvalue weighted by Gasteiger charge is -2.23. The van der Waals surface area contributed by atoms with Gasteiger partial charge in [0.2, 0.25) is 5.91 Å². The van der Waals surface area contributed by atoms with Gasteiger partial charge in [0.1, 0.15) is 17.4 Å². The van der Waals surface area contributed by atoms with Crippen molar-refractivity contribution >= 4 is 28.6 Å². The number of carbonyl (C=O) groups is 2. The van der Waals surface area contributed by atoms with Gasteiger partial charge in [-0.05, 0) is 44.5 Å². The monoisotopic (exact) mass is 423 g/mol. The summed E-state index contributed by atoms with van der Waals surface area (Å²) in [5, 5.41) is 15.8. The van der Waals surface area contributed by atoms with Crippen molar-refractivity contribution in [2.24, 2.45) is 0 Å². The smallest absolute Gasteiger partial charge is 0.408 e. The molecule has 0 aliphatic carbocycles. The Bertz CT molecular complexity index is 1150. The van der Waals surface area contributed by atoms with E-state index in [0.717, 1.165) is 11.6 Å². The molecule has 0 bridgehead atoms. The van der Waals surface area contributed by atoms with Crippen molar-refractivity contribution in [3.8, 4) is 5.75 Å². The summed E-state index contributed by atoms with van der Waals surface area (Å²) in [5.41, 5.74) is 0.586. The number of aromatic hydroxyl groups is 1. The molecule has 0 aliphatic heterocycles. The van der Waals surface area contributed by atoms with Crippen molar-refractivity contribution in [1.82, 2.24) is 10.3 Å². The van der Waals surface area contributed by atoms with Crippen molar-refractivity contribution in [3.05, 3.63) is 70.5 Å². The van der Waals surface area contributed by atoms with Crippen LogP contribution >= 0.6 is 0 Å². The van der Waals surface area contributed by atoms with E-state index in [1.165, 1.54) is 0 Å². The van der Waals surface area contributed by atoms with Gasteiger partial charge in [-0.2, -0.15) is 0 Å². The Morgan fingerprint density at radius 1 is 1.10 bits per heavy atom. The first kappa shape index (κ1) is 21.9. The zero-order valence-electron chi connectivity index (χ0n) is 17.6. The van der Waals surface area contributed by atoms with Gasteiger partial charge in [0.15, 0.2) is 0 Å². The third-order valence-electron chi connectivity index (χ3n) is 4.38. The number of fused-ring (bicyclic) bond motifs is 1. The van der Waals surface area contributed by atoms with Crippen LogP contribution in [0.3, 0.4) is 0 Å². The number of ether oxygens (including phenoxy) is 1. The van der Waals surface area contributed by atoms with Crippen LogP contribution in [-0.4, -0.2) is 33.7 Å². The van der Waals surface area contributed by atoms with Crippen LogP contribution in [0.5, 0.6) is 5.75 Å². The summed E-state index contributed by atoms with van der Waals surface area (Å²) < 4.78 is 5.29. The maximum Gasteiger partial charge on any atom is 0.408 e. The second-order valence-electron chi connectivity index (χ2n) is 8.16. The van der Waals surface area contributed by atoms with Crippen molar-refractivity contribution in [1.29, 1.82) is 0 Å². The van der Waals surface area contributed by atoms with E-state index in [4.69, 9.17) is 4.74 Å². The Hall–Kier alpha value is -3.81. The first-order valence-electron chi connectivity index (χ1n) is 9.81. The molecule has 162 valence electrons. The first-order chi connectivity index (χ1) is 14.6. The summed E-state index contributed by atoms with van der Waals surface area (Å²) in [6.45, 7) is 5.22. The number of hydrogen-bond donors (Lipinski definition) is 4. The lowest BCUT2D eigenvalue weighted by atomic mass is 10.1. The quantitative estimate of drug-likeness (QED) is 0.502. The topological polar surface area (TPSA) is 121 Å². The largest absolute Gasteiger partial charge is 0.507 e. The van der Waals surface area contributed by atoms with Crippen molar-refractivity contribution in [2.45, 2.75) is 38.8 Å². The molecule has 1 atom stereocenters. The van der Waals surface area contributed by atoms with Crippen LogP contribution in [0.2, 0.25) is 0 Å². The molecular weight excluding hydrogens is 398 g/mol. The molecular formula is C23H25N3O5. The van der Waals surface area contributed by atoms with E-state index in [1.54, 1.807) is 39.0 Å². The number of hydrogen-bond acceptors (Lipinski definition) is 5. The molecule has 3 rings (SSSR count). The molecule has 8 nitrogen and oxygen atoms in total. The van der Waals surface area contributed by atoms with E-state index in [0.29, 0.717) is 16.6 Å². The number of alkyl carbamates (subject to hydrolysis) is 1. The molecule has 8 heteroatoms. The van der Waals surface area contributed by atoms with Gasteiger partial charge in [0, 0.05) is 23.6 Å². The third-order valence-corrected chi connectivity index (χ3v) is 4.38. The molecule has 0 saturated carbocycles. The number of nitrogens with one attached hydrogen (secondary N) is 3. The van der Waals surface area contributed by atoms with Crippen LogP contribution in [0, 0.1) is 0 Å². The van der Waals surface area contributed by atoms with Gasteiger partial charge in [-0.3, -0.25) is 9.59 Å². The third kappa shape index (κ3) is 6.08. The highest BCUT2D eigenvalue weighted by Crippen LogP contribution is 2.24. The maximum absolute atomic E-state index is 13.0. The molecule has 0 spiro atoms. The zero-order chi connectivity index (χ0) is 22.6. The van der Waals surface area contributed by atoms with E-state index in [1.807, 2.05) is 30.3 Å². The van der Waals surface area contributed by atoms with E-state index in [-0.39, 0.29) is 12.2 Å². The van der Waals surface area contributed by atoms with Gasteiger partial charge < -0.3 is 25.5 Å². The molecule has 0 aliphatic rings. The van der Waals surface area contributed by atoms with Crippen LogP contribution < -0.4 is 16.2 Å². The highest BCUT2D eigenvalue weighted by Gasteiger charge is 2.25. The molecule has 2 amide bonds. The van der Waals surface area contributed by atoms with Gasteiger partial charge in [0.25, 0.3) is 5.56 Å². The number of pyridine rings is 1. The Balaban J connectivity index is 1.82. The van der Waals surface area contributed by atoms with Crippen LogP contribution in [0.4, 0.5) is 10.5 Å². The SMILES string of the molecule is CC(C)(C)OC(=O)N[C@@H](Cc1ccccc1)C(=O)Nc1ccc2[nH]c(=O)cc(O)c2c1.